The first kappa shape index (κ1) is 14.6. The third-order valence-electron chi connectivity index (χ3n) is 2.99. The molecule has 0 spiro atoms. The van der Waals surface area contributed by atoms with Crippen LogP contribution in [0.5, 0.6) is 0 Å². The molecule has 0 bridgehead atoms. The Bertz CT molecular complexity index is 535. The fourth-order valence-electron chi connectivity index (χ4n) is 2.09. The number of aromatic nitrogens is 2. The van der Waals surface area contributed by atoms with Crippen LogP contribution in [0.3, 0.4) is 0 Å². The summed E-state index contributed by atoms with van der Waals surface area (Å²) in [5.74, 6) is 0.726. The van der Waals surface area contributed by atoms with Crippen LogP contribution in [0.4, 0.5) is 13.2 Å². The summed E-state index contributed by atoms with van der Waals surface area (Å²) in [7, 11) is 0. The molecule has 1 atom stereocenters. The predicted octanol–water partition coefficient (Wildman–Crippen LogP) is 3.32. The van der Waals surface area contributed by atoms with Gasteiger partial charge in [-0.3, -0.25) is 0 Å². The Hall–Kier alpha value is -1.82. The third-order valence-corrected chi connectivity index (χ3v) is 2.99. The molecular weight excluding hydrogens is 267 g/mol. The molecule has 0 radical (unpaired) electrons. The van der Waals surface area contributed by atoms with Crippen molar-refractivity contribution in [3.8, 4) is 0 Å². The SMILES string of the molecule is CCNC(Cc1cccc(C(F)(F)F)c1)c1ncc[nH]1. The van der Waals surface area contributed by atoms with Crippen molar-refractivity contribution in [3.05, 3.63) is 53.6 Å². The van der Waals surface area contributed by atoms with E-state index < -0.39 is 11.7 Å². The van der Waals surface area contributed by atoms with E-state index in [1.807, 2.05) is 6.92 Å². The first-order valence-electron chi connectivity index (χ1n) is 6.39. The molecule has 0 fully saturated rings. The molecule has 1 unspecified atom stereocenters. The van der Waals surface area contributed by atoms with Gasteiger partial charge in [0.05, 0.1) is 11.6 Å². The summed E-state index contributed by atoms with van der Waals surface area (Å²) in [6, 6.07) is 5.27. The van der Waals surface area contributed by atoms with Gasteiger partial charge in [-0.2, -0.15) is 13.2 Å². The summed E-state index contributed by atoms with van der Waals surface area (Å²) in [6.45, 7) is 2.66. The number of aromatic amines is 1. The molecule has 1 heterocycles. The van der Waals surface area contributed by atoms with Crippen molar-refractivity contribution in [1.29, 1.82) is 0 Å². The van der Waals surface area contributed by atoms with Gasteiger partial charge in [0.1, 0.15) is 5.82 Å². The van der Waals surface area contributed by atoms with Gasteiger partial charge in [0.2, 0.25) is 0 Å². The maximum absolute atomic E-state index is 12.7. The Morgan fingerprint density at radius 1 is 1.35 bits per heavy atom. The molecule has 6 heteroatoms. The summed E-state index contributed by atoms with van der Waals surface area (Å²) >= 11 is 0. The van der Waals surface area contributed by atoms with E-state index in [1.54, 1.807) is 18.5 Å². The van der Waals surface area contributed by atoms with Crippen molar-refractivity contribution in [2.24, 2.45) is 0 Å². The fourth-order valence-corrected chi connectivity index (χ4v) is 2.09. The number of hydrogen-bond acceptors (Lipinski definition) is 2. The molecule has 2 N–H and O–H groups in total. The van der Waals surface area contributed by atoms with Gasteiger partial charge < -0.3 is 10.3 Å². The van der Waals surface area contributed by atoms with Crippen LogP contribution in [0.1, 0.15) is 29.9 Å². The predicted molar refractivity (Wildman–Crippen MR) is 70.2 cm³/mol. The first-order valence-corrected chi connectivity index (χ1v) is 6.39. The fraction of sp³-hybridized carbons (Fsp3) is 0.357. The van der Waals surface area contributed by atoms with E-state index >= 15 is 0 Å². The maximum atomic E-state index is 12.7. The minimum absolute atomic E-state index is 0.126. The highest BCUT2D eigenvalue weighted by atomic mass is 19.4. The molecule has 1 aromatic carbocycles. The zero-order valence-corrected chi connectivity index (χ0v) is 11.0. The van der Waals surface area contributed by atoms with Crippen LogP contribution in [0.15, 0.2) is 36.7 Å². The summed E-state index contributed by atoms with van der Waals surface area (Å²) < 4.78 is 38.1. The topological polar surface area (TPSA) is 40.7 Å². The second kappa shape index (κ2) is 6.09. The molecule has 20 heavy (non-hydrogen) atoms. The van der Waals surface area contributed by atoms with Crippen LogP contribution in [0.2, 0.25) is 0 Å². The molecule has 3 nitrogen and oxygen atoms in total. The monoisotopic (exact) mass is 283 g/mol. The zero-order valence-electron chi connectivity index (χ0n) is 11.0. The van der Waals surface area contributed by atoms with Gasteiger partial charge in [-0.1, -0.05) is 25.1 Å². The number of likely N-dealkylation sites (N-methyl/N-ethyl adjacent to an activating group) is 1. The summed E-state index contributed by atoms with van der Waals surface area (Å²) in [5, 5.41) is 3.22. The Kier molecular flexibility index (Phi) is 4.44. The van der Waals surface area contributed by atoms with Crippen molar-refractivity contribution < 1.29 is 13.2 Å². The zero-order chi connectivity index (χ0) is 14.6. The standard InChI is InChI=1S/C14H16F3N3/c1-2-18-12(13-19-6-7-20-13)9-10-4-3-5-11(8-10)14(15,16)17/h3-8,12,18H,2,9H2,1H3,(H,19,20). The van der Waals surface area contributed by atoms with Gasteiger partial charge >= 0.3 is 6.18 Å². The summed E-state index contributed by atoms with van der Waals surface area (Å²) in [4.78, 5) is 7.15. The minimum Gasteiger partial charge on any atom is -0.347 e. The smallest absolute Gasteiger partial charge is 0.347 e. The van der Waals surface area contributed by atoms with Crippen LogP contribution < -0.4 is 5.32 Å². The number of H-pyrrole nitrogens is 1. The van der Waals surface area contributed by atoms with Crippen molar-refractivity contribution in [3.63, 3.8) is 0 Å². The van der Waals surface area contributed by atoms with E-state index in [2.05, 4.69) is 15.3 Å². The number of benzene rings is 1. The molecule has 0 aliphatic carbocycles. The second-order valence-corrected chi connectivity index (χ2v) is 4.49. The van der Waals surface area contributed by atoms with Gasteiger partial charge in [-0.25, -0.2) is 4.98 Å². The lowest BCUT2D eigenvalue weighted by Crippen LogP contribution is -2.24. The number of imidazole rings is 1. The molecular formula is C14H16F3N3. The lowest BCUT2D eigenvalue weighted by atomic mass is 10.0. The van der Waals surface area contributed by atoms with E-state index in [-0.39, 0.29) is 6.04 Å². The van der Waals surface area contributed by atoms with E-state index in [4.69, 9.17) is 0 Å². The number of nitrogens with one attached hydrogen (secondary N) is 2. The van der Waals surface area contributed by atoms with Gasteiger partial charge in [0.15, 0.2) is 0 Å². The van der Waals surface area contributed by atoms with Crippen LogP contribution in [0, 0.1) is 0 Å². The first-order chi connectivity index (χ1) is 9.50. The molecule has 1 aromatic heterocycles. The number of alkyl halides is 3. The van der Waals surface area contributed by atoms with E-state index in [1.165, 1.54) is 12.1 Å². The van der Waals surface area contributed by atoms with Crippen LogP contribution in [0.25, 0.3) is 0 Å². The minimum atomic E-state index is -4.31. The normalized spacial score (nSPS) is 13.4. The number of halogens is 3. The maximum Gasteiger partial charge on any atom is 0.416 e. The quantitative estimate of drug-likeness (QED) is 0.883. The number of nitrogens with zero attached hydrogens (tertiary/aromatic N) is 1. The van der Waals surface area contributed by atoms with Crippen molar-refractivity contribution in [1.82, 2.24) is 15.3 Å². The Balaban J connectivity index is 2.19. The van der Waals surface area contributed by atoms with Gasteiger partial charge in [-0.05, 0) is 24.6 Å². The molecule has 0 amide bonds. The third kappa shape index (κ3) is 3.60. The summed E-state index contributed by atoms with van der Waals surface area (Å²) in [6.07, 6.45) is -0.530. The van der Waals surface area contributed by atoms with Crippen LogP contribution in [-0.4, -0.2) is 16.5 Å². The average Bonchev–Trinajstić information content (AvgIpc) is 2.91. The molecule has 0 saturated heterocycles. The highest BCUT2D eigenvalue weighted by molar-refractivity contribution is 5.26. The van der Waals surface area contributed by atoms with Gasteiger partial charge in [-0.15, -0.1) is 0 Å². The van der Waals surface area contributed by atoms with Crippen molar-refractivity contribution in [2.75, 3.05) is 6.54 Å². The molecule has 0 aliphatic heterocycles. The van der Waals surface area contributed by atoms with Crippen molar-refractivity contribution in [2.45, 2.75) is 25.6 Å². The lowest BCUT2D eigenvalue weighted by molar-refractivity contribution is -0.137. The van der Waals surface area contributed by atoms with E-state index in [0.29, 0.717) is 18.5 Å². The lowest BCUT2D eigenvalue weighted by Gasteiger charge is -2.16. The number of rotatable bonds is 5. The molecule has 2 rings (SSSR count). The second-order valence-electron chi connectivity index (χ2n) is 4.49. The highest BCUT2D eigenvalue weighted by Crippen LogP contribution is 2.30. The van der Waals surface area contributed by atoms with Crippen LogP contribution in [-0.2, 0) is 12.6 Å². The summed E-state index contributed by atoms with van der Waals surface area (Å²) in [5.41, 5.74) is 0.00636. The Morgan fingerprint density at radius 3 is 2.75 bits per heavy atom. The van der Waals surface area contributed by atoms with E-state index in [9.17, 15) is 13.2 Å². The van der Waals surface area contributed by atoms with Gasteiger partial charge in [0.25, 0.3) is 0 Å². The Labute approximate surface area is 115 Å². The van der Waals surface area contributed by atoms with Crippen LogP contribution >= 0.6 is 0 Å². The highest BCUT2D eigenvalue weighted by Gasteiger charge is 2.30. The molecule has 2 aromatic rings. The van der Waals surface area contributed by atoms with Crippen molar-refractivity contribution >= 4 is 0 Å². The molecule has 0 aliphatic rings. The van der Waals surface area contributed by atoms with E-state index in [0.717, 1.165) is 11.9 Å². The molecule has 108 valence electrons. The molecule has 0 saturated carbocycles. The van der Waals surface area contributed by atoms with Gasteiger partial charge in [0, 0.05) is 12.4 Å². The number of hydrogen-bond donors (Lipinski definition) is 2. The largest absolute Gasteiger partial charge is 0.416 e. The Morgan fingerprint density at radius 2 is 2.15 bits per heavy atom. The average molecular weight is 283 g/mol.